The van der Waals surface area contributed by atoms with Gasteiger partial charge in [0.25, 0.3) is 5.56 Å². The molecule has 1 amide bonds. The number of hydrogen-bond donors (Lipinski definition) is 2. The molecule has 1 aromatic heterocycles. The lowest BCUT2D eigenvalue weighted by Crippen LogP contribution is -2.36. The number of anilines is 1. The fourth-order valence-corrected chi connectivity index (χ4v) is 5.10. The maximum absolute atomic E-state index is 13.0. The molecule has 1 aromatic carbocycles. The normalized spacial score (nSPS) is 24.2. The Balaban J connectivity index is 1.77. The molecule has 2 aromatic rings. The molecule has 0 aliphatic carbocycles. The van der Waals surface area contributed by atoms with E-state index in [9.17, 15) is 9.59 Å². The summed E-state index contributed by atoms with van der Waals surface area (Å²) in [5.41, 5.74) is 1.15. The molecule has 2 aliphatic rings. The number of hydrogen-bond acceptors (Lipinski definition) is 5. The fraction of sp³-hybridized carbons (Fsp3) is 0.500. The monoisotopic (exact) mass is 403 g/mol. The van der Waals surface area contributed by atoms with Crippen molar-refractivity contribution in [2.75, 3.05) is 24.8 Å². The van der Waals surface area contributed by atoms with E-state index in [1.54, 1.807) is 7.11 Å². The van der Waals surface area contributed by atoms with Crippen LogP contribution in [0.3, 0.4) is 0 Å². The van der Waals surface area contributed by atoms with Crippen molar-refractivity contribution in [2.45, 2.75) is 43.6 Å². The number of thioether (sulfide) groups is 1. The van der Waals surface area contributed by atoms with Crippen LogP contribution in [-0.4, -0.2) is 40.8 Å². The van der Waals surface area contributed by atoms with Crippen molar-refractivity contribution in [1.29, 1.82) is 0 Å². The van der Waals surface area contributed by atoms with Crippen molar-refractivity contribution in [3.8, 4) is 5.75 Å². The van der Waals surface area contributed by atoms with Gasteiger partial charge in [0.1, 0.15) is 11.6 Å². The lowest BCUT2D eigenvalue weighted by molar-refractivity contribution is -0.113. The summed E-state index contributed by atoms with van der Waals surface area (Å²) in [4.78, 5) is 25.3. The minimum absolute atomic E-state index is 0.0696. The van der Waals surface area contributed by atoms with Gasteiger partial charge >= 0.3 is 0 Å². The summed E-state index contributed by atoms with van der Waals surface area (Å²) in [6.07, 6.45) is 1.55. The average Bonchev–Trinajstić information content (AvgIpc) is 2.87. The quantitative estimate of drug-likeness (QED) is 0.823. The van der Waals surface area contributed by atoms with E-state index in [1.807, 2.05) is 42.8 Å². The molecule has 0 saturated carbocycles. The van der Waals surface area contributed by atoms with Gasteiger partial charge in [0.2, 0.25) is 5.91 Å². The number of carbonyl (C=O) groups excluding carboxylic acids is 1. The van der Waals surface area contributed by atoms with Gasteiger partial charge in [-0.05, 0) is 44.4 Å². The molecule has 4 rings (SSSR count). The van der Waals surface area contributed by atoms with Crippen LogP contribution in [0.2, 0.25) is 0 Å². The minimum Gasteiger partial charge on any atom is -0.497 e. The molecule has 2 aliphatic heterocycles. The van der Waals surface area contributed by atoms with Gasteiger partial charge in [0.15, 0.2) is 0 Å². The van der Waals surface area contributed by atoms with Gasteiger partial charge in [0.05, 0.1) is 35.3 Å². The van der Waals surface area contributed by atoms with E-state index in [0.29, 0.717) is 23.7 Å². The van der Waals surface area contributed by atoms with Gasteiger partial charge < -0.3 is 14.8 Å². The molecular weight excluding hydrogens is 378 g/mol. The molecule has 150 valence electrons. The summed E-state index contributed by atoms with van der Waals surface area (Å²) in [5.74, 6) is 1.54. The standard InChI is InChI=1S/C20H25N3O4S/c1-20(2)10-13(8-9-27-20)23-18-16(19(25)22-23)17(28-11-15(24)21-18)12-4-6-14(26-3)7-5-12/h4-7,13,17H,8-11H2,1-3H3,(H,21,24)(H,22,25). The molecule has 0 radical (unpaired) electrons. The molecular formula is C20H25N3O4S. The SMILES string of the molecule is COc1ccc(C2SCC(=O)Nc3c2c(=O)[nH]n3C2CCOC(C)(C)C2)cc1. The summed E-state index contributed by atoms with van der Waals surface area (Å²) in [7, 11) is 1.62. The first-order valence-electron chi connectivity index (χ1n) is 9.42. The van der Waals surface area contributed by atoms with Crippen LogP contribution in [0.25, 0.3) is 0 Å². The molecule has 2 unspecified atom stereocenters. The second-order valence-corrected chi connectivity index (χ2v) is 8.93. The number of nitrogens with one attached hydrogen (secondary N) is 2. The number of ether oxygens (including phenoxy) is 2. The summed E-state index contributed by atoms with van der Waals surface area (Å²) in [5, 5.41) is 5.73. The van der Waals surface area contributed by atoms with Crippen LogP contribution >= 0.6 is 11.8 Å². The van der Waals surface area contributed by atoms with Crippen molar-refractivity contribution < 1.29 is 14.3 Å². The third-order valence-electron chi connectivity index (χ3n) is 5.32. The molecule has 0 spiro atoms. The zero-order valence-electron chi connectivity index (χ0n) is 16.3. The topological polar surface area (TPSA) is 85.4 Å². The van der Waals surface area contributed by atoms with Crippen LogP contribution in [0.1, 0.15) is 49.1 Å². The van der Waals surface area contributed by atoms with E-state index in [4.69, 9.17) is 9.47 Å². The van der Waals surface area contributed by atoms with Gasteiger partial charge in [-0.15, -0.1) is 11.8 Å². The van der Waals surface area contributed by atoms with E-state index in [2.05, 4.69) is 10.4 Å². The van der Waals surface area contributed by atoms with Crippen LogP contribution in [0.4, 0.5) is 5.82 Å². The number of H-pyrrole nitrogens is 1. The van der Waals surface area contributed by atoms with Gasteiger partial charge in [0, 0.05) is 6.61 Å². The average molecular weight is 404 g/mol. The van der Waals surface area contributed by atoms with E-state index in [0.717, 1.165) is 24.2 Å². The third kappa shape index (κ3) is 3.58. The van der Waals surface area contributed by atoms with Crippen molar-refractivity contribution >= 4 is 23.5 Å². The number of fused-ring (bicyclic) bond motifs is 1. The van der Waals surface area contributed by atoms with Crippen molar-refractivity contribution in [1.82, 2.24) is 9.78 Å². The predicted molar refractivity (Wildman–Crippen MR) is 109 cm³/mol. The lowest BCUT2D eigenvalue weighted by Gasteiger charge is -2.36. The van der Waals surface area contributed by atoms with Crippen LogP contribution in [0.5, 0.6) is 5.75 Å². The second kappa shape index (κ2) is 7.33. The Morgan fingerprint density at radius 3 is 2.68 bits per heavy atom. The van der Waals surface area contributed by atoms with Crippen LogP contribution in [0.15, 0.2) is 29.1 Å². The smallest absolute Gasteiger partial charge is 0.270 e. The zero-order chi connectivity index (χ0) is 19.9. The maximum atomic E-state index is 13.0. The van der Waals surface area contributed by atoms with E-state index < -0.39 is 0 Å². The Kier molecular flexibility index (Phi) is 5.01. The highest BCUT2D eigenvalue weighted by Crippen LogP contribution is 2.42. The van der Waals surface area contributed by atoms with E-state index >= 15 is 0 Å². The molecule has 8 heteroatoms. The first-order valence-corrected chi connectivity index (χ1v) is 10.5. The highest BCUT2D eigenvalue weighted by molar-refractivity contribution is 8.00. The number of carbonyl (C=O) groups is 1. The number of aromatic nitrogens is 2. The molecule has 1 saturated heterocycles. The second-order valence-electron chi connectivity index (χ2n) is 7.84. The first kappa shape index (κ1) is 19.1. The Morgan fingerprint density at radius 1 is 1.25 bits per heavy atom. The number of aromatic amines is 1. The Bertz CT molecular complexity index is 932. The molecule has 3 heterocycles. The Labute approximate surface area is 167 Å². The maximum Gasteiger partial charge on any atom is 0.270 e. The molecule has 0 bridgehead atoms. The molecule has 28 heavy (non-hydrogen) atoms. The fourth-order valence-electron chi connectivity index (χ4n) is 3.98. The number of amides is 1. The largest absolute Gasteiger partial charge is 0.497 e. The van der Waals surface area contributed by atoms with Gasteiger partial charge in [-0.25, -0.2) is 0 Å². The van der Waals surface area contributed by atoms with Crippen molar-refractivity contribution in [3.63, 3.8) is 0 Å². The Hall–Kier alpha value is -2.19. The van der Waals surface area contributed by atoms with Gasteiger partial charge in [-0.2, -0.15) is 0 Å². The van der Waals surface area contributed by atoms with Crippen LogP contribution in [-0.2, 0) is 9.53 Å². The number of nitrogens with zero attached hydrogens (tertiary/aromatic N) is 1. The van der Waals surface area contributed by atoms with Crippen LogP contribution < -0.4 is 15.6 Å². The highest BCUT2D eigenvalue weighted by Gasteiger charge is 2.35. The summed E-state index contributed by atoms with van der Waals surface area (Å²) >= 11 is 1.46. The summed E-state index contributed by atoms with van der Waals surface area (Å²) in [6.45, 7) is 4.72. The van der Waals surface area contributed by atoms with Crippen LogP contribution in [0, 0.1) is 0 Å². The molecule has 7 nitrogen and oxygen atoms in total. The van der Waals surface area contributed by atoms with Gasteiger partial charge in [-0.1, -0.05) is 12.1 Å². The first-order chi connectivity index (χ1) is 13.4. The minimum atomic E-state index is -0.268. The zero-order valence-corrected chi connectivity index (χ0v) is 17.1. The predicted octanol–water partition coefficient (Wildman–Crippen LogP) is 3.09. The molecule has 2 N–H and O–H groups in total. The van der Waals surface area contributed by atoms with Crippen molar-refractivity contribution in [2.24, 2.45) is 0 Å². The number of benzene rings is 1. The summed E-state index contributed by atoms with van der Waals surface area (Å²) < 4.78 is 12.9. The van der Waals surface area contributed by atoms with Crippen molar-refractivity contribution in [3.05, 3.63) is 45.7 Å². The van der Waals surface area contributed by atoms with E-state index in [-0.39, 0.29) is 28.4 Å². The molecule has 1 fully saturated rings. The Morgan fingerprint density at radius 2 is 2.00 bits per heavy atom. The lowest BCUT2D eigenvalue weighted by atomic mass is 9.94. The van der Waals surface area contributed by atoms with Gasteiger partial charge in [-0.3, -0.25) is 19.4 Å². The third-order valence-corrected chi connectivity index (χ3v) is 6.59. The van der Waals surface area contributed by atoms with E-state index in [1.165, 1.54) is 11.8 Å². The molecule has 2 atom stereocenters. The number of rotatable bonds is 3. The highest BCUT2D eigenvalue weighted by atomic mass is 32.2. The number of methoxy groups -OCH3 is 1. The summed E-state index contributed by atoms with van der Waals surface area (Å²) in [6, 6.07) is 7.72.